The molecule has 0 fully saturated rings. The molecule has 15 heteroatoms. The van der Waals surface area contributed by atoms with E-state index in [1.54, 1.807) is 72.8 Å². The molecule has 0 atom stereocenters. The number of ether oxygens (including phenoxy) is 3. The van der Waals surface area contributed by atoms with Crippen molar-refractivity contribution in [2.24, 2.45) is 5.41 Å². The zero-order chi connectivity index (χ0) is 51.0. The van der Waals surface area contributed by atoms with Crippen LogP contribution in [0.2, 0.25) is 0 Å². The Morgan fingerprint density at radius 2 is 0.583 bits per heavy atom. The zero-order valence-corrected chi connectivity index (χ0v) is 43.8. The van der Waals surface area contributed by atoms with Gasteiger partial charge in [-0.25, -0.2) is 0 Å². The first-order valence-electron chi connectivity index (χ1n) is 24.6. The minimum atomic E-state index is -3.21. The van der Waals surface area contributed by atoms with Gasteiger partial charge in [0.05, 0.1) is 38.3 Å². The SMILES string of the molecule is CCC(COCCCNC(=O)CP(=O)(c1ccccc1)c1ccccc1)(COCCCNC(=O)CP(=O)(c1ccccc1)c1ccccc1)COCCCNC(=O)CP(=O)(c1ccccc1)c1ccccc1. The lowest BCUT2D eigenvalue weighted by molar-refractivity contribution is -0.119. The first kappa shape index (κ1) is 55.6. The molecular weight excluding hydrogens is 964 g/mol. The third-order valence-electron chi connectivity index (χ3n) is 12.5. The summed E-state index contributed by atoms with van der Waals surface area (Å²) in [5, 5.41) is 12.6. The van der Waals surface area contributed by atoms with Gasteiger partial charge in [0.2, 0.25) is 17.7 Å². The van der Waals surface area contributed by atoms with Gasteiger partial charge >= 0.3 is 0 Å². The van der Waals surface area contributed by atoms with Crippen molar-refractivity contribution < 1.29 is 42.3 Å². The van der Waals surface area contributed by atoms with Crippen molar-refractivity contribution in [3.63, 3.8) is 0 Å². The smallest absolute Gasteiger partial charge is 0.228 e. The fraction of sp³-hybridized carbons (Fsp3) is 0.316. The van der Waals surface area contributed by atoms with Gasteiger partial charge in [-0.05, 0) is 25.7 Å². The van der Waals surface area contributed by atoms with E-state index >= 15 is 0 Å². The monoisotopic (exact) mass is 1030 g/mol. The predicted molar refractivity (Wildman–Crippen MR) is 292 cm³/mol. The van der Waals surface area contributed by atoms with Gasteiger partial charge in [0.25, 0.3) is 0 Å². The third kappa shape index (κ3) is 16.2. The molecule has 6 aromatic carbocycles. The highest BCUT2D eigenvalue weighted by molar-refractivity contribution is 7.80. The van der Waals surface area contributed by atoms with Gasteiger partial charge in [-0.3, -0.25) is 14.4 Å². The largest absolute Gasteiger partial charge is 0.381 e. The minimum Gasteiger partial charge on any atom is -0.381 e. The molecule has 380 valence electrons. The van der Waals surface area contributed by atoms with Gasteiger partial charge in [-0.15, -0.1) is 0 Å². The summed E-state index contributed by atoms with van der Waals surface area (Å²) in [4.78, 5) is 39.7. The Morgan fingerprint density at radius 3 is 0.778 bits per heavy atom. The number of benzene rings is 6. The van der Waals surface area contributed by atoms with Crippen LogP contribution in [-0.2, 0) is 42.3 Å². The van der Waals surface area contributed by atoms with Crippen molar-refractivity contribution in [3.05, 3.63) is 182 Å². The summed E-state index contributed by atoms with van der Waals surface area (Å²) in [6.07, 6.45) is 1.80. The van der Waals surface area contributed by atoms with Crippen LogP contribution in [0.25, 0.3) is 0 Å². The van der Waals surface area contributed by atoms with E-state index in [1.807, 2.05) is 116 Å². The number of hydrogen-bond donors (Lipinski definition) is 3. The average Bonchev–Trinajstić information content (AvgIpc) is 3.42. The fourth-order valence-electron chi connectivity index (χ4n) is 8.29. The summed E-state index contributed by atoms with van der Waals surface area (Å²) in [6.45, 7) is 5.03. The number of hydrogen-bond acceptors (Lipinski definition) is 9. The molecule has 72 heavy (non-hydrogen) atoms. The molecule has 0 saturated heterocycles. The summed E-state index contributed by atoms with van der Waals surface area (Å²) in [6, 6.07) is 54.7. The van der Waals surface area contributed by atoms with Crippen LogP contribution in [0.4, 0.5) is 0 Å². The van der Waals surface area contributed by atoms with Gasteiger partial charge < -0.3 is 43.9 Å². The highest BCUT2D eigenvalue weighted by Crippen LogP contribution is 2.45. The molecule has 3 amide bonds. The Morgan fingerprint density at radius 1 is 0.375 bits per heavy atom. The molecule has 0 bridgehead atoms. The molecule has 12 nitrogen and oxygen atoms in total. The normalized spacial score (nSPS) is 12.0. The highest BCUT2D eigenvalue weighted by Gasteiger charge is 2.33. The number of carbonyl (C=O) groups is 3. The summed E-state index contributed by atoms with van der Waals surface area (Å²) in [5.74, 6) is -0.900. The molecule has 0 aliphatic rings. The maximum Gasteiger partial charge on any atom is 0.228 e. The summed E-state index contributed by atoms with van der Waals surface area (Å²) >= 11 is 0. The van der Waals surface area contributed by atoms with Crippen LogP contribution in [0.3, 0.4) is 0 Å². The maximum atomic E-state index is 14.4. The summed E-state index contributed by atoms with van der Waals surface area (Å²) < 4.78 is 61.9. The average molecular weight is 1030 g/mol. The second-order valence-electron chi connectivity index (χ2n) is 17.8. The lowest BCUT2D eigenvalue weighted by Crippen LogP contribution is -2.38. The van der Waals surface area contributed by atoms with Gasteiger partial charge in [0.15, 0.2) is 21.4 Å². The van der Waals surface area contributed by atoms with Gasteiger partial charge in [0.1, 0.15) is 0 Å². The molecule has 6 rings (SSSR count). The van der Waals surface area contributed by atoms with Crippen molar-refractivity contribution in [3.8, 4) is 0 Å². The van der Waals surface area contributed by atoms with E-state index in [1.165, 1.54) is 0 Å². The molecule has 0 unspecified atom stereocenters. The Labute approximate surface area is 425 Å². The van der Waals surface area contributed by atoms with Crippen LogP contribution in [0.5, 0.6) is 0 Å². The van der Waals surface area contributed by atoms with Crippen LogP contribution in [0, 0.1) is 5.41 Å². The molecule has 6 aromatic rings. The molecular formula is C57H68N3O9P3. The number of carbonyl (C=O) groups excluding carboxylic acids is 3. The van der Waals surface area contributed by atoms with Crippen molar-refractivity contribution in [1.29, 1.82) is 0 Å². The standard InChI is InChI=1S/C57H68N3O9P3/c1-2-57(45-67-39-21-36-58-54(61)42-70(64,48-24-9-3-10-25-48)49-26-11-4-12-27-49,46-68-40-22-37-59-55(62)43-71(65,50-28-13-5-14-29-50)51-30-15-6-16-31-51)47-69-41-23-38-60-56(63)44-72(66,52-32-17-7-18-33-52)53-34-19-8-20-35-53/h3-20,24-35H,2,21-23,36-47H2,1H3,(H,58,61)(H,59,62)(H,60,63). The van der Waals surface area contributed by atoms with E-state index in [4.69, 9.17) is 14.2 Å². The van der Waals surface area contributed by atoms with Crippen molar-refractivity contribution >= 4 is 71.0 Å². The minimum absolute atomic E-state index is 0.146. The zero-order valence-electron chi connectivity index (χ0n) is 41.2. The highest BCUT2D eigenvalue weighted by atomic mass is 31.2. The Hall–Kier alpha value is -5.70. The first-order valence-corrected chi connectivity index (χ1v) is 30.3. The predicted octanol–water partition coefficient (Wildman–Crippen LogP) is 6.99. The molecule has 0 saturated carbocycles. The summed E-state index contributed by atoms with van der Waals surface area (Å²) in [7, 11) is -9.64. The lowest BCUT2D eigenvalue weighted by atomic mass is 9.88. The van der Waals surface area contributed by atoms with E-state index in [0.717, 1.165) is 0 Å². The van der Waals surface area contributed by atoms with E-state index < -0.39 is 26.8 Å². The van der Waals surface area contributed by atoms with Crippen LogP contribution in [-0.4, -0.2) is 95.5 Å². The molecule has 0 aromatic heterocycles. The van der Waals surface area contributed by atoms with Crippen LogP contribution in [0.1, 0.15) is 32.6 Å². The van der Waals surface area contributed by atoms with Crippen LogP contribution in [0.15, 0.2) is 182 Å². The number of rotatable bonds is 31. The van der Waals surface area contributed by atoms with Gasteiger partial charge in [-0.1, -0.05) is 189 Å². The van der Waals surface area contributed by atoms with E-state index in [2.05, 4.69) is 16.0 Å². The quantitative estimate of drug-likeness (QED) is 0.0307. The van der Waals surface area contributed by atoms with Crippen molar-refractivity contribution in [2.45, 2.75) is 32.6 Å². The molecule has 0 radical (unpaired) electrons. The molecule has 3 N–H and O–H groups in total. The molecule has 0 aliphatic heterocycles. The first-order chi connectivity index (χ1) is 35.0. The van der Waals surface area contributed by atoms with E-state index in [0.29, 0.717) is 117 Å². The molecule has 0 aliphatic carbocycles. The van der Waals surface area contributed by atoms with Crippen LogP contribution >= 0.6 is 21.4 Å². The Kier molecular flexibility index (Phi) is 22.0. The summed E-state index contributed by atoms with van der Waals surface area (Å²) in [5.41, 5.74) is -0.538. The van der Waals surface area contributed by atoms with Crippen LogP contribution < -0.4 is 47.8 Å². The maximum absolute atomic E-state index is 14.4. The second-order valence-corrected chi connectivity index (χ2v) is 26.3. The van der Waals surface area contributed by atoms with Gasteiger partial charge in [0, 0.05) is 76.7 Å². The number of amides is 3. The molecule has 0 spiro atoms. The fourth-order valence-corrected chi connectivity index (χ4v) is 15.7. The lowest BCUT2D eigenvalue weighted by Gasteiger charge is -2.32. The van der Waals surface area contributed by atoms with Crippen molar-refractivity contribution in [2.75, 3.05) is 77.8 Å². The molecule has 0 heterocycles. The Bertz CT molecular complexity index is 2290. The van der Waals surface area contributed by atoms with E-state index in [9.17, 15) is 28.1 Å². The number of nitrogens with one attached hydrogen (secondary N) is 3. The second kappa shape index (κ2) is 28.5. The third-order valence-corrected chi connectivity index (χ3v) is 21.5. The van der Waals surface area contributed by atoms with E-state index in [-0.39, 0.29) is 36.2 Å². The Balaban J connectivity index is 0.986. The van der Waals surface area contributed by atoms with Crippen molar-refractivity contribution in [1.82, 2.24) is 16.0 Å². The topological polar surface area (TPSA) is 166 Å². The van der Waals surface area contributed by atoms with Gasteiger partial charge in [-0.2, -0.15) is 0 Å².